The molecular formula is C28H44N6O8. The van der Waals surface area contributed by atoms with Crippen molar-refractivity contribution in [2.24, 2.45) is 0 Å². The van der Waals surface area contributed by atoms with E-state index in [4.69, 9.17) is 14.5 Å². The number of piperidine rings is 2. The molecule has 0 unspecified atom stereocenters. The van der Waals surface area contributed by atoms with E-state index in [1.807, 2.05) is 44.2 Å². The topological polar surface area (TPSA) is 153 Å². The van der Waals surface area contributed by atoms with Crippen molar-refractivity contribution in [2.75, 3.05) is 26.3 Å². The van der Waals surface area contributed by atoms with Crippen LogP contribution >= 0.6 is 0 Å². The standard InChI is InChI=1S/C17H23N3O4.C10H17N3O4.CH4/c1-2-10-23-18-16(21)15-9-8-14-11-19(15)17(22)20(14)24-12-13-6-4-3-5-7-13;1-2-5-17-11-9(14)8-4-3-7-6-12(8)10(15)13(7)16;/h3-7,14-15H,2,8-12H2,1H3,(H,18,21);7-8,16H,2-6H2,1H3,(H,11,14);1H4/t14-,15+;7-,8+;/m11./s1. The van der Waals surface area contributed by atoms with Crippen molar-refractivity contribution in [2.45, 2.75) is 90.6 Å². The summed E-state index contributed by atoms with van der Waals surface area (Å²) in [5, 5.41) is 11.6. The maximum atomic E-state index is 12.6. The first-order chi connectivity index (χ1) is 19.8. The first kappa shape index (κ1) is 33.0. The van der Waals surface area contributed by atoms with Gasteiger partial charge in [0.1, 0.15) is 18.7 Å². The smallest absolute Gasteiger partial charge is 0.309 e. The highest BCUT2D eigenvalue weighted by atomic mass is 16.7. The fourth-order valence-corrected chi connectivity index (χ4v) is 5.30. The average molecular weight is 593 g/mol. The predicted octanol–water partition coefficient (Wildman–Crippen LogP) is 2.58. The van der Waals surface area contributed by atoms with Gasteiger partial charge in [-0.2, -0.15) is 5.06 Å². The minimum atomic E-state index is -0.534. The molecule has 5 rings (SSSR count). The van der Waals surface area contributed by atoms with Crippen LogP contribution in [0, 0.1) is 0 Å². The third kappa shape index (κ3) is 7.68. The third-order valence-electron chi connectivity index (χ3n) is 7.44. The van der Waals surface area contributed by atoms with E-state index in [9.17, 15) is 24.4 Å². The number of carbonyl (C=O) groups excluding carboxylic acids is 4. The Morgan fingerprint density at radius 2 is 1.36 bits per heavy atom. The third-order valence-corrected chi connectivity index (χ3v) is 7.44. The normalized spacial score (nSPS) is 24.2. The molecule has 0 radical (unpaired) electrons. The number of rotatable bonds is 11. The van der Waals surface area contributed by atoms with Crippen LogP contribution < -0.4 is 11.0 Å². The molecule has 3 N–H and O–H groups in total. The molecule has 234 valence electrons. The second-order valence-electron chi connectivity index (χ2n) is 10.4. The predicted molar refractivity (Wildman–Crippen MR) is 150 cm³/mol. The zero-order valence-corrected chi connectivity index (χ0v) is 23.6. The SMILES string of the molecule is C.CCCONC(=O)[C@@H]1CC[C@@H]2CN1C(=O)N2O.CCCONC(=O)[C@@H]1CC[C@@H]2CN1C(=O)N2OCc1ccccc1. The number of nitrogens with zero attached hydrogens (tertiary/aromatic N) is 4. The summed E-state index contributed by atoms with van der Waals surface area (Å²) in [5.41, 5.74) is 5.78. The van der Waals surface area contributed by atoms with Gasteiger partial charge in [-0.1, -0.05) is 51.6 Å². The number of fused-ring (bicyclic) bond motifs is 4. The van der Waals surface area contributed by atoms with Crippen LogP contribution in [0.3, 0.4) is 0 Å². The van der Waals surface area contributed by atoms with Gasteiger partial charge in [0, 0.05) is 13.1 Å². The molecule has 0 spiro atoms. The van der Waals surface area contributed by atoms with E-state index in [0.717, 1.165) is 29.9 Å². The van der Waals surface area contributed by atoms with Crippen molar-refractivity contribution in [1.82, 2.24) is 30.9 Å². The second-order valence-corrected chi connectivity index (χ2v) is 10.4. The number of hydrogen-bond donors (Lipinski definition) is 3. The first-order valence-electron chi connectivity index (χ1n) is 14.2. The molecular weight excluding hydrogens is 548 g/mol. The monoisotopic (exact) mass is 592 g/mol. The number of amides is 6. The summed E-state index contributed by atoms with van der Waals surface area (Å²) in [6, 6.07) is 7.77. The van der Waals surface area contributed by atoms with E-state index in [1.165, 1.54) is 9.96 Å². The van der Waals surface area contributed by atoms with E-state index in [-0.39, 0.29) is 37.4 Å². The van der Waals surface area contributed by atoms with E-state index in [0.29, 0.717) is 52.2 Å². The average Bonchev–Trinajstić information content (AvgIpc) is 3.36. The molecule has 42 heavy (non-hydrogen) atoms. The summed E-state index contributed by atoms with van der Waals surface area (Å²) in [4.78, 5) is 66.9. The molecule has 4 aliphatic rings. The molecule has 14 heteroatoms. The van der Waals surface area contributed by atoms with Gasteiger partial charge in [0.2, 0.25) is 0 Å². The first-order valence-corrected chi connectivity index (χ1v) is 14.2. The molecule has 1 aromatic carbocycles. The molecule has 4 aliphatic heterocycles. The fraction of sp³-hybridized carbons (Fsp3) is 0.643. The van der Waals surface area contributed by atoms with Gasteiger partial charge in [-0.3, -0.25) is 29.3 Å². The molecule has 14 nitrogen and oxygen atoms in total. The second kappa shape index (κ2) is 15.7. The van der Waals surface area contributed by atoms with Crippen LogP contribution in [0.5, 0.6) is 0 Å². The maximum Gasteiger partial charge on any atom is 0.345 e. The highest BCUT2D eigenvalue weighted by molar-refractivity contribution is 5.88. The minimum Gasteiger partial charge on any atom is -0.309 e. The van der Waals surface area contributed by atoms with Crippen LogP contribution in [-0.4, -0.2) is 99.5 Å². The molecule has 0 aromatic heterocycles. The largest absolute Gasteiger partial charge is 0.345 e. The quantitative estimate of drug-likeness (QED) is 0.201. The van der Waals surface area contributed by atoms with Gasteiger partial charge in [0.05, 0.1) is 25.3 Å². The summed E-state index contributed by atoms with van der Waals surface area (Å²) < 4.78 is 0. The maximum absolute atomic E-state index is 12.6. The van der Waals surface area contributed by atoms with Gasteiger partial charge in [-0.15, -0.1) is 0 Å². The van der Waals surface area contributed by atoms with Crippen molar-refractivity contribution in [3.8, 4) is 0 Å². The van der Waals surface area contributed by atoms with Gasteiger partial charge < -0.3 is 9.80 Å². The lowest BCUT2D eigenvalue weighted by Crippen LogP contribution is -2.49. The Balaban J connectivity index is 0.000000238. The Hall–Kier alpha value is -3.46. The van der Waals surface area contributed by atoms with Gasteiger partial charge >= 0.3 is 12.1 Å². The molecule has 4 heterocycles. The van der Waals surface area contributed by atoms with E-state index in [2.05, 4.69) is 11.0 Å². The molecule has 4 saturated heterocycles. The molecule has 4 atom stereocenters. The highest BCUT2D eigenvalue weighted by Gasteiger charge is 2.48. The van der Waals surface area contributed by atoms with Crippen molar-refractivity contribution in [3.63, 3.8) is 0 Å². The summed E-state index contributed by atoms with van der Waals surface area (Å²) >= 11 is 0. The lowest BCUT2D eigenvalue weighted by Gasteiger charge is -2.28. The number of hydroxylamine groups is 6. The van der Waals surface area contributed by atoms with Crippen LogP contribution in [0.15, 0.2) is 30.3 Å². The van der Waals surface area contributed by atoms with E-state index < -0.39 is 18.1 Å². The van der Waals surface area contributed by atoms with Crippen LogP contribution in [0.4, 0.5) is 9.59 Å². The molecule has 0 saturated carbocycles. The summed E-state index contributed by atoms with van der Waals surface area (Å²) in [6.07, 6.45) is 4.15. The lowest BCUT2D eigenvalue weighted by molar-refractivity contribution is -0.141. The van der Waals surface area contributed by atoms with Crippen molar-refractivity contribution < 1.29 is 38.9 Å². The molecule has 4 fully saturated rings. The van der Waals surface area contributed by atoms with Crippen LogP contribution in [0.2, 0.25) is 0 Å². The van der Waals surface area contributed by atoms with Crippen molar-refractivity contribution in [3.05, 3.63) is 35.9 Å². The zero-order chi connectivity index (χ0) is 29.4. The van der Waals surface area contributed by atoms with Crippen molar-refractivity contribution >= 4 is 23.9 Å². The number of nitrogens with one attached hydrogen (secondary N) is 2. The van der Waals surface area contributed by atoms with E-state index in [1.54, 1.807) is 4.90 Å². The van der Waals surface area contributed by atoms with Crippen LogP contribution in [-0.2, 0) is 30.7 Å². The van der Waals surface area contributed by atoms with Gasteiger partial charge in [-0.25, -0.2) is 25.6 Å². The number of urea groups is 2. The van der Waals surface area contributed by atoms with Gasteiger partial charge in [0.25, 0.3) is 11.8 Å². The van der Waals surface area contributed by atoms with Crippen LogP contribution in [0.25, 0.3) is 0 Å². The van der Waals surface area contributed by atoms with E-state index >= 15 is 0 Å². The fourth-order valence-electron chi connectivity index (χ4n) is 5.30. The Morgan fingerprint density at radius 1 is 0.833 bits per heavy atom. The summed E-state index contributed by atoms with van der Waals surface area (Å²) in [7, 11) is 0. The van der Waals surface area contributed by atoms with Gasteiger partial charge in [-0.05, 0) is 44.1 Å². The zero-order valence-electron chi connectivity index (χ0n) is 23.6. The summed E-state index contributed by atoms with van der Waals surface area (Å²) in [6.45, 7) is 6.06. The molecule has 6 amide bonds. The highest BCUT2D eigenvalue weighted by Crippen LogP contribution is 2.31. The number of hydrogen-bond acceptors (Lipinski definition) is 8. The Bertz CT molecular complexity index is 1060. The summed E-state index contributed by atoms with van der Waals surface area (Å²) in [5.74, 6) is -0.583. The molecule has 0 aliphatic carbocycles. The van der Waals surface area contributed by atoms with Gasteiger partial charge in [0.15, 0.2) is 0 Å². The van der Waals surface area contributed by atoms with Crippen LogP contribution in [0.1, 0.15) is 65.4 Å². The Morgan fingerprint density at radius 3 is 1.93 bits per heavy atom. The minimum absolute atomic E-state index is 0. The Labute approximate surface area is 246 Å². The van der Waals surface area contributed by atoms with Crippen molar-refractivity contribution in [1.29, 1.82) is 0 Å². The number of carbonyl (C=O) groups is 4. The molecule has 1 aromatic rings. The Kier molecular flexibility index (Phi) is 12.3. The number of benzene rings is 1. The molecule has 4 bridgehead atoms. The lowest BCUT2D eigenvalue weighted by atomic mass is 10.0.